The van der Waals surface area contributed by atoms with Crippen LogP contribution in [0.5, 0.6) is 0 Å². The lowest BCUT2D eigenvalue weighted by Gasteiger charge is -2.07. The van der Waals surface area contributed by atoms with Crippen LogP contribution >= 0.6 is 0 Å². The largest absolute Gasteiger partial charge is 0.0795 e. The van der Waals surface area contributed by atoms with Gasteiger partial charge in [0.25, 0.3) is 0 Å². The lowest BCUT2D eigenvalue weighted by Crippen LogP contribution is -1.88. The average Bonchev–Trinajstić information content (AvgIpc) is 2.44. The molecule has 0 aromatic rings. The van der Waals surface area contributed by atoms with Gasteiger partial charge in [-0.3, -0.25) is 0 Å². The van der Waals surface area contributed by atoms with Gasteiger partial charge in [-0.1, -0.05) is 48.6 Å². The predicted molar refractivity (Wildman–Crippen MR) is 55.8 cm³/mol. The first kappa shape index (κ1) is 6.90. The summed E-state index contributed by atoms with van der Waals surface area (Å²) in [5.74, 6) is 0. The molecule has 0 heterocycles. The quantitative estimate of drug-likeness (QED) is 0.563. The topological polar surface area (TPSA) is 0 Å². The summed E-state index contributed by atoms with van der Waals surface area (Å²) in [5, 5.41) is 0. The highest BCUT2D eigenvalue weighted by atomic mass is 14.2. The molecule has 0 heteroatoms. The third kappa shape index (κ3) is 0.919. The minimum Gasteiger partial charge on any atom is -0.0795 e. The summed E-state index contributed by atoms with van der Waals surface area (Å²) in [5.41, 5.74) is 5.61. The van der Waals surface area contributed by atoms with E-state index in [9.17, 15) is 0 Å². The smallest absolute Gasteiger partial charge is 0.00763 e. The van der Waals surface area contributed by atoms with Crippen LogP contribution in [-0.4, -0.2) is 0 Å². The Kier molecular flexibility index (Phi) is 1.31. The number of hydrogen-bond acceptors (Lipinski definition) is 0. The summed E-state index contributed by atoms with van der Waals surface area (Å²) in [6.07, 6.45) is 5.53. The van der Waals surface area contributed by atoms with Crippen LogP contribution in [0.3, 0.4) is 0 Å². The summed E-state index contributed by atoms with van der Waals surface area (Å²) in [4.78, 5) is 0. The fourth-order valence-corrected chi connectivity index (χ4v) is 2.06. The molecule has 0 spiro atoms. The van der Waals surface area contributed by atoms with Gasteiger partial charge in [-0.15, -0.1) is 0 Å². The van der Waals surface area contributed by atoms with Gasteiger partial charge in [0.2, 0.25) is 0 Å². The van der Waals surface area contributed by atoms with Gasteiger partial charge in [0.1, 0.15) is 0 Å². The van der Waals surface area contributed by atoms with Gasteiger partial charge in [0, 0.05) is 0 Å². The van der Waals surface area contributed by atoms with Crippen LogP contribution in [0.4, 0.5) is 0 Å². The summed E-state index contributed by atoms with van der Waals surface area (Å²) in [7, 11) is 0. The van der Waals surface area contributed by atoms with Crippen molar-refractivity contribution in [1.29, 1.82) is 0 Å². The predicted octanol–water partition coefficient (Wildman–Crippen LogP) is 3.36. The van der Waals surface area contributed by atoms with E-state index in [1.54, 1.807) is 0 Å². The molecule has 0 atom stereocenters. The molecule has 3 rings (SSSR count). The van der Waals surface area contributed by atoms with Crippen molar-refractivity contribution in [3.05, 3.63) is 53.6 Å². The molecule has 0 fully saturated rings. The molecule has 0 unspecified atom stereocenters. The number of allylic oxidation sites excluding steroid dienone is 1. The molecule has 3 aliphatic rings. The van der Waals surface area contributed by atoms with Crippen molar-refractivity contribution in [3.63, 3.8) is 0 Å². The van der Waals surface area contributed by atoms with Crippen molar-refractivity contribution in [1.82, 2.24) is 0 Å². The van der Waals surface area contributed by atoms with Crippen molar-refractivity contribution in [2.45, 2.75) is 6.42 Å². The average molecular weight is 166 g/mol. The molecule has 0 aliphatic heterocycles. The van der Waals surface area contributed by atoms with Crippen LogP contribution in [0, 0.1) is 0 Å². The van der Waals surface area contributed by atoms with Crippen molar-refractivity contribution >= 4 is 6.08 Å². The zero-order chi connectivity index (χ0) is 8.67. The lowest BCUT2D eigenvalue weighted by atomic mass is 9.97. The normalized spacial score (nSPS) is 13.5. The van der Waals surface area contributed by atoms with E-state index >= 15 is 0 Å². The standard InChI is InChI=1S/C13H10/c1-2-5-11-8-9-12-7-3-6-10(4-1)13(11)12/h1-6,8-9H,7H2. The Morgan fingerprint density at radius 3 is 2.85 bits per heavy atom. The lowest BCUT2D eigenvalue weighted by molar-refractivity contribution is 1.29. The van der Waals surface area contributed by atoms with Crippen LogP contribution < -0.4 is 0 Å². The van der Waals surface area contributed by atoms with Gasteiger partial charge < -0.3 is 0 Å². The van der Waals surface area contributed by atoms with Crippen LogP contribution in [0.1, 0.15) is 11.1 Å². The number of hydrogen-bond donors (Lipinski definition) is 0. The third-order valence-electron chi connectivity index (χ3n) is 2.66. The first-order chi connectivity index (χ1) is 6.45. The molecule has 0 saturated carbocycles. The first-order valence-electron chi connectivity index (χ1n) is 4.62. The minimum atomic E-state index is 1.08. The van der Waals surface area contributed by atoms with E-state index in [1.807, 2.05) is 0 Å². The highest BCUT2D eigenvalue weighted by Gasteiger charge is 2.12. The van der Waals surface area contributed by atoms with Gasteiger partial charge >= 0.3 is 0 Å². The summed E-state index contributed by atoms with van der Waals surface area (Å²) in [6.45, 7) is 0. The Morgan fingerprint density at radius 2 is 1.85 bits per heavy atom. The van der Waals surface area contributed by atoms with E-state index in [0.717, 1.165) is 6.42 Å². The van der Waals surface area contributed by atoms with E-state index in [4.69, 9.17) is 0 Å². The van der Waals surface area contributed by atoms with Crippen molar-refractivity contribution < 1.29 is 0 Å². The van der Waals surface area contributed by atoms with Crippen LogP contribution in [0.25, 0.3) is 17.2 Å². The molecule has 0 N–H and O–H groups in total. The van der Waals surface area contributed by atoms with Crippen LogP contribution in [0.2, 0.25) is 0 Å². The van der Waals surface area contributed by atoms with Crippen molar-refractivity contribution in [3.8, 4) is 11.1 Å². The Bertz CT molecular complexity index is 452. The van der Waals surface area contributed by atoms with Crippen molar-refractivity contribution in [2.75, 3.05) is 0 Å². The highest BCUT2D eigenvalue weighted by molar-refractivity contribution is 5.82. The molecule has 0 saturated heterocycles. The Morgan fingerprint density at radius 1 is 0.923 bits per heavy atom. The molecule has 3 aliphatic carbocycles. The maximum absolute atomic E-state index is 2.23. The maximum Gasteiger partial charge on any atom is -0.00763 e. The van der Waals surface area contributed by atoms with E-state index in [-0.39, 0.29) is 0 Å². The summed E-state index contributed by atoms with van der Waals surface area (Å²) in [6, 6.07) is 13.0. The molecule has 0 radical (unpaired) electrons. The maximum atomic E-state index is 2.23. The van der Waals surface area contributed by atoms with Crippen LogP contribution in [0.15, 0.2) is 42.5 Å². The second-order valence-corrected chi connectivity index (χ2v) is 3.47. The van der Waals surface area contributed by atoms with E-state index in [1.165, 1.54) is 22.3 Å². The fourth-order valence-electron chi connectivity index (χ4n) is 2.06. The molecular weight excluding hydrogens is 156 g/mol. The fraction of sp³-hybridized carbons (Fsp3) is 0.0769. The van der Waals surface area contributed by atoms with Gasteiger partial charge in [-0.2, -0.15) is 0 Å². The van der Waals surface area contributed by atoms with E-state index < -0.39 is 0 Å². The first-order valence-corrected chi connectivity index (χ1v) is 4.62. The molecule has 0 aromatic carbocycles. The second kappa shape index (κ2) is 2.46. The number of rotatable bonds is 0. The summed E-state index contributed by atoms with van der Waals surface area (Å²) >= 11 is 0. The Labute approximate surface area is 77.9 Å². The van der Waals surface area contributed by atoms with Gasteiger partial charge in [-0.25, -0.2) is 0 Å². The molecule has 0 bridgehead atoms. The molecule has 0 aromatic heterocycles. The molecule has 0 nitrogen and oxygen atoms in total. The monoisotopic (exact) mass is 166 g/mol. The zero-order valence-electron chi connectivity index (χ0n) is 7.33. The van der Waals surface area contributed by atoms with Gasteiger partial charge in [0.15, 0.2) is 0 Å². The Hall–Kier alpha value is -1.56. The molecular formula is C13H10. The van der Waals surface area contributed by atoms with Gasteiger partial charge in [0.05, 0.1) is 0 Å². The SMILES string of the molecule is C1=Cc2ccccc3ccc(c2-3)C1. The summed E-state index contributed by atoms with van der Waals surface area (Å²) < 4.78 is 0. The van der Waals surface area contributed by atoms with Crippen LogP contribution in [-0.2, 0) is 6.42 Å². The highest BCUT2D eigenvalue weighted by Crippen LogP contribution is 2.34. The van der Waals surface area contributed by atoms with Gasteiger partial charge in [-0.05, 0) is 28.7 Å². The van der Waals surface area contributed by atoms with E-state index in [0.29, 0.717) is 0 Å². The second-order valence-electron chi connectivity index (χ2n) is 3.47. The van der Waals surface area contributed by atoms with E-state index in [2.05, 4.69) is 48.6 Å². The Balaban J connectivity index is 2.45. The van der Waals surface area contributed by atoms with Crippen molar-refractivity contribution in [2.24, 2.45) is 0 Å². The third-order valence-corrected chi connectivity index (χ3v) is 2.66. The zero-order valence-corrected chi connectivity index (χ0v) is 7.33. The minimum absolute atomic E-state index is 1.08. The molecule has 13 heavy (non-hydrogen) atoms. The molecule has 62 valence electrons. The molecule has 0 amide bonds.